The van der Waals surface area contributed by atoms with Gasteiger partial charge in [0.25, 0.3) is 0 Å². The highest BCUT2D eigenvalue weighted by Gasteiger charge is 2.34. The molecule has 0 radical (unpaired) electrons. The molecule has 1 unspecified atom stereocenters. The third kappa shape index (κ3) is 2.01. The van der Waals surface area contributed by atoms with Crippen molar-refractivity contribution in [1.29, 1.82) is 0 Å². The Balaban J connectivity index is 1.96. The Kier molecular flexibility index (Phi) is 3.27. The number of rotatable bonds is 3. The second kappa shape index (κ2) is 4.96. The molecule has 0 spiro atoms. The topological polar surface area (TPSA) is 42.4 Å². The molecule has 106 valence electrons. The van der Waals surface area contributed by atoms with Gasteiger partial charge in [-0.25, -0.2) is 13.2 Å². The largest absolute Gasteiger partial charge is 0.468 e. The quantitative estimate of drug-likeness (QED) is 0.880. The van der Waals surface area contributed by atoms with E-state index < -0.39 is 17.5 Å². The van der Waals surface area contributed by atoms with Crippen molar-refractivity contribution in [2.24, 2.45) is 5.73 Å². The number of halogens is 3. The van der Waals surface area contributed by atoms with E-state index in [0.29, 0.717) is 17.9 Å². The SMILES string of the molecule is NCC1c2cc(F)c(F)c(F)c2CN1Cc1ccco1. The molecule has 0 fully saturated rings. The first-order valence-corrected chi connectivity index (χ1v) is 6.24. The van der Waals surface area contributed by atoms with Crippen molar-refractivity contribution in [3.63, 3.8) is 0 Å². The molecule has 1 aliphatic heterocycles. The van der Waals surface area contributed by atoms with Crippen LogP contribution in [-0.2, 0) is 13.1 Å². The average Bonchev–Trinajstić information content (AvgIpc) is 3.04. The second-order valence-electron chi connectivity index (χ2n) is 4.79. The van der Waals surface area contributed by atoms with Crippen LogP contribution in [0.3, 0.4) is 0 Å². The molecule has 6 heteroatoms. The zero-order valence-electron chi connectivity index (χ0n) is 10.6. The maximum absolute atomic E-state index is 13.8. The smallest absolute Gasteiger partial charge is 0.194 e. The molecular formula is C14H13F3N2O. The highest BCUT2D eigenvalue weighted by Crippen LogP contribution is 2.37. The molecule has 0 saturated carbocycles. The van der Waals surface area contributed by atoms with Gasteiger partial charge < -0.3 is 10.2 Å². The molecule has 2 aromatic rings. The molecule has 1 atom stereocenters. The number of nitrogens with zero attached hydrogens (tertiary/aromatic N) is 1. The summed E-state index contributed by atoms with van der Waals surface area (Å²) in [4.78, 5) is 1.84. The summed E-state index contributed by atoms with van der Waals surface area (Å²) in [6.07, 6.45) is 1.54. The number of furan rings is 1. The van der Waals surface area contributed by atoms with Gasteiger partial charge in [-0.3, -0.25) is 4.90 Å². The lowest BCUT2D eigenvalue weighted by atomic mass is 10.0. The minimum Gasteiger partial charge on any atom is -0.468 e. The van der Waals surface area contributed by atoms with Crippen LogP contribution in [-0.4, -0.2) is 11.4 Å². The predicted molar refractivity (Wildman–Crippen MR) is 66.1 cm³/mol. The number of nitrogens with two attached hydrogens (primary N) is 1. The van der Waals surface area contributed by atoms with Crippen LogP contribution in [0.25, 0.3) is 0 Å². The van der Waals surface area contributed by atoms with Gasteiger partial charge in [0.05, 0.1) is 12.8 Å². The van der Waals surface area contributed by atoms with E-state index in [0.717, 1.165) is 6.07 Å². The first-order valence-electron chi connectivity index (χ1n) is 6.24. The lowest BCUT2D eigenvalue weighted by molar-refractivity contribution is 0.193. The Labute approximate surface area is 113 Å². The van der Waals surface area contributed by atoms with E-state index in [4.69, 9.17) is 10.2 Å². The highest BCUT2D eigenvalue weighted by atomic mass is 19.2. The normalized spacial score (nSPS) is 18.5. The number of benzene rings is 1. The van der Waals surface area contributed by atoms with E-state index in [2.05, 4.69) is 0 Å². The third-order valence-corrected chi connectivity index (χ3v) is 3.62. The van der Waals surface area contributed by atoms with Gasteiger partial charge in [0.15, 0.2) is 17.5 Å². The number of hydrogen-bond acceptors (Lipinski definition) is 3. The molecular weight excluding hydrogens is 269 g/mol. The molecule has 0 saturated heterocycles. The molecule has 1 aliphatic rings. The Morgan fingerprint density at radius 3 is 2.75 bits per heavy atom. The van der Waals surface area contributed by atoms with Crippen LogP contribution in [0.4, 0.5) is 13.2 Å². The molecule has 1 aromatic heterocycles. The molecule has 1 aromatic carbocycles. The van der Waals surface area contributed by atoms with E-state index in [1.165, 1.54) is 6.26 Å². The van der Waals surface area contributed by atoms with Crippen molar-refractivity contribution in [3.05, 3.63) is 58.8 Å². The van der Waals surface area contributed by atoms with Crippen molar-refractivity contribution in [2.45, 2.75) is 19.1 Å². The van der Waals surface area contributed by atoms with Crippen LogP contribution in [0.1, 0.15) is 22.9 Å². The van der Waals surface area contributed by atoms with Gasteiger partial charge in [0, 0.05) is 24.7 Å². The van der Waals surface area contributed by atoms with Gasteiger partial charge in [-0.1, -0.05) is 0 Å². The minimum atomic E-state index is -1.43. The van der Waals surface area contributed by atoms with Crippen molar-refractivity contribution < 1.29 is 17.6 Å². The Hall–Kier alpha value is -1.79. The van der Waals surface area contributed by atoms with E-state index in [9.17, 15) is 13.2 Å². The first kappa shape index (κ1) is 13.2. The van der Waals surface area contributed by atoms with Crippen molar-refractivity contribution in [2.75, 3.05) is 6.54 Å². The molecule has 0 bridgehead atoms. The van der Waals surface area contributed by atoms with E-state index in [-0.39, 0.29) is 24.7 Å². The summed E-state index contributed by atoms with van der Waals surface area (Å²) in [6.45, 7) is 0.783. The van der Waals surface area contributed by atoms with Gasteiger partial charge in [-0.05, 0) is 23.8 Å². The molecule has 2 N–H and O–H groups in total. The highest BCUT2D eigenvalue weighted by molar-refractivity contribution is 5.37. The van der Waals surface area contributed by atoms with Crippen LogP contribution < -0.4 is 5.73 Å². The van der Waals surface area contributed by atoms with Gasteiger partial charge in [0.1, 0.15) is 5.76 Å². The van der Waals surface area contributed by atoms with Crippen LogP contribution in [0.2, 0.25) is 0 Å². The van der Waals surface area contributed by atoms with Crippen LogP contribution in [0.5, 0.6) is 0 Å². The van der Waals surface area contributed by atoms with E-state index in [1.807, 2.05) is 4.90 Å². The molecule has 0 aliphatic carbocycles. The molecule has 2 heterocycles. The minimum absolute atomic E-state index is 0.172. The molecule has 0 amide bonds. The summed E-state index contributed by atoms with van der Waals surface area (Å²) in [5.41, 5.74) is 6.28. The number of hydrogen-bond donors (Lipinski definition) is 1. The summed E-state index contributed by atoms with van der Waals surface area (Å²) in [5, 5.41) is 0. The Morgan fingerprint density at radius 1 is 1.30 bits per heavy atom. The van der Waals surface area contributed by atoms with Crippen LogP contribution in [0.15, 0.2) is 28.9 Å². The molecule has 3 rings (SSSR count). The summed E-state index contributed by atoms with van der Waals surface area (Å²) in [5.74, 6) is -3.04. The van der Waals surface area contributed by atoms with Crippen LogP contribution >= 0.6 is 0 Å². The monoisotopic (exact) mass is 282 g/mol. The zero-order valence-corrected chi connectivity index (χ0v) is 10.6. The molecule has 3 nitrogen and oxygen atoms in total. The zero-order chi connectivity index (χ0) is 14.3. The fourth-order valence-corrected chi connectivity index (χ4v) is 2.66. The Bertz CT molecular complexity index is 628. The van der Waals surface area contributed by atoms with Gasteiger partial charge in [-0.15, -0.1) is 0 Å². The molecule has 20 heavy (non-hydrogen) atoms. The average molecular weight is 282 g/mol. The van der Waals surface area contributed by atoms with Crippen LogP contribution in [0, 0.1) is 17.5 Å². The second-order valence-corrected chi connectivity index (χ2v) is 4.79. The van der Waals surface area contributed by atoms with Crippen molar-refractivity contribution in [1.82, 2.24) is 4.90 Å². The Morgan fingerprint density at radius 2 is 2.10 bits per heavy atom. The summed E-state index contributed by atoms with van der Waals surface area (Å²) < 4.78 is 45.7. The summed E-state index contributed by atoms with van der Waals surface area (Å²) >= 11 is 0. The fourth-order valence-electron chi connectivity index (χ4n) is 2.66. The summed E-state index contributed by atoms with van der Waals surface area (Å²) in [7, 11) is 0. The maximum Gasteiger partial charge on any atom is 0.194 e. The number of fused-ring (bicyclic) bond motifs is 1. The van der Waals surface area contributed by atoms with Gasteiger partial charge in [-0.2, -0.15) is 0 Å². The first-order chi connectivity index (χ1) is 9.61. The standard InChI is InChI=1S/C14H13F3N2O/c15-11-4-9-10(13(16)14(11)17)7-19(12(9)5-18)6-8-2-1-3-20-8/h1-4,12H,5-7,18H2. The maximum atomic E-state index is 13.8. The van der Waals surface area contributed by atoms with Gasteiger partial charge in [0.2, 0.25) is 0 Å². The fraction of sp³-hybridized carbons (Fsp3) is 0.286. The van der Waals surface area contributed by atoms with Gasteiger partial charge >= 0.3 is 0 Å². The van der Waals surface area contributed by atoms with Crippen molar-refractivity contribution >= 4 is 0 Å². The summed E-state index contributed by atoms with van der Waals surface area (Å²) in [6, 6.07) is 4.22. The van der Waals surface area contributed by atoms with E-state index >= 15 is 0 Å². The third-order valence-electron chi connectivity index (χ3n) is 3.62. The van der Waals surface area contributed by atoms with Crippen molar-refractivity contribution in [3.8, 4) is 0 Å². The lowest BCUT2D eigenvalue weighted by Crippen LogP contribution is -2.27. The van der Waals surface area contributed by atoms with E-state index in [1.54, 1.807) is 12.1 Å². The predicted octanol–water partition coefficient (Wildman–Crippen LogP) is 2.71. The lowest BCUT2D eigenvalue weighted by Gasteiger charge is -2.22.